The van der Waals surface area contributed by atoms with Crippen molar-refractivity contribution in [1.29, 1.82) is 0 Å². The maximum absolute atomic E-state index is 12.0. The summed E-state index contributed by atoms with van der Waals surface area (Å²) in [6.45, 7) is 2.18. The number of hydrogen-bond acceptors (Lipinski definition) is 4. The monoisotopic (exact) mass is 262 g/mol. The number of hydrogen-bond donors (Lipinski definition) is 1. The standard InChI is InChI=1S/C10H18N2O4S/c13-17(14,11-9-1-2-9)12-5-3-10(4-6-12)15-7-8-16-10/h9,11H,1-8H2. The highest BCUT2D eigenvalue weighted by atomic mass is 32.2. The molecule has 0 radical (unpaired) electrons. The molecule has 98 valence electrons. The smallest absolute Gasteiger partial charge is 0.279 e. The van der Waals surface area contributed by atoms with Gasteiger partial charge in [-0.05, 0) is 12.8 Å². The number of nitrogens with one attached hydrogen (secondary N) is 1. The second-order valence-electron chi connectivity index (χ2n) is 4.90. The van der Waals surface area contributed by atoms with Crippen LogP contribution in [0.1, 0.15) is 25.7 Å². The van der Waals surface area contributed by atoms with E-state index in [1.54, 1.807) is 0 Å². The van der Waals surface area contributed by atoms with Crippen LogP contribution in [0.4, 0.5) is 0 Å². The van der Waals surface area contributed by atoms with E-state index in [0.29, 0.717) is 39.1 Å². The molecule has 6 nitrogen and oxygen atoms in total. The van der Waals surface area contributed by atoms with Crippen molar-refractivity contribution in [2.24, 2.45) is 0 Å². The molecule has 17 heavy (non-hydrogen) atoms. The Morgan fingerprint density at radius 2 is 1.71 bits per heavy atom. The first kappa shape index (κ1) is 11.9. The minimum atomic E-state index is -3.29. The number of ether oxygens (including phenoxy) is 2. The summed E-state index contributed by atoms with van der Waals surface area (Å²) >= 11 is 0. The molecule has 1 spiro atoms. The van der Waals surface area contributed by atoms with Crippen LogP contribution in [0, 0.1) is 0 Å². The quantitative estimate of drug-likeness (QED) is 0.766. The van der Waals surface area contributed by atoms with E-state index < -0.39 is 16.0 Å². The van der Waals surface area contributed by atoms with Crippen LogP contribution < -0.4 is 4.72 Å². The van der Waals surface area contributed by atoms with Gasteiger partial charge in [-0.3, -0.25) is 0 Å². The lowest BCUT2D eigenvalue weighted by molar-refractivity contribution is -0.179. The minimum Gasteiger partial charge on any atom is -0.347 e. The van der Waals surface area contributed by atoms with Gasteiger partial charge in [0, 0.05) is 32.0 Å². The van der Waals surface area contributed by atoms with E-state index in [4.69, 9.17) is 9.47 Å². The van der Waals surface area contributed by atoms with Crippen LogP contribution >= 0.6 is 0 Å². The Balaban J connectivity index is 1.60. The fraction of sp³-hybridized carbons (Fsp3) is 1.00. The molecule has 3 rings (SSSR count). The Hall–Kier alpha value is -0.210. The average Bonchev–Trinajstić information content (AvgIpc) is 2.98. The van der Waals surface area contributed by atoms with Crippen molar-refractivity contribution in [2.75, 3.05) is 26.3 Å². The van der Waals surface area contributed by atoms with Crippen molar-refractivity contribution >= 4 is 10.2 Å². The van der Waals surface area contributed by atoms with E-state index in [0.717, 1.165) is 12.8 Å². The lowest BCUT2D eigenvalue weighted by Gasteiger charge is -2.36. The van der Waals surface area contributed by atoms with Crippen molar-refractivity contribution in [3.63, 3.8) is 0 Å². The maximum atomic E-state index is 12.0. The van der Waals surface area contributed by atoms with Gasteiger partial charge < -0.3 is 9.47 Å². The van der Waals surface area contributed by atoms with Gasteiger partial charge in [-0.15, -0.1) is 0 Å². The molecular formula is C10H18N2O4S. The second kappa shape index (κ2) is 4.17. The maximum Gasteiger partial charge on any atom is 0.279 e. The molecule has 2 aliphatic heterocycles. The van der Waals surface area contributed by atoms with E-state index in [1.165, 1.54) is 4.31 Å². The van der Waals surface area contributed by atoms with Gasteiger partial charge in [0.2, 0.25) is 0 Å². The Morgan fingerprint density at radius 3 is 2.24 bits per heavy atom. The lowest BCUT2D eigenvalue weighted by Crippen LogP contribution is -2.50. The van der Waals surface area contributed by atoms with Crippen molar-refractivity contribution in [3.05, 3.63) is 0 Å². The molecule has 7 heteroatoms. The van der Waals surface area contributed by atoms with Gasteiger partial charge in [-0.25, -0.2) is 0 Å². The molecule has 1 saturated carbocycles. The summed E-state index contributed by atoms with van der Waals surface area (Å²) in [5, 5.41) is 0. The van der Waals surface area contributed by atoms with E-state index in [-0.39, 0.29) is 6.04 Å². The third-order valence-electron chi connectivity index (χ3n) is 3.53. The summed E-state index contributed by atoms with van der Waals surface area (Å²) in [7, 11) is -3.29. The van der Waals surface area contributed by atoms with E-state index >= 15 is 0 Å². The molecule has 0 unspecified atom stereocenters. The second-order valence-corrected chi connectivity index (χ2v) is 6.61. The lowest BCUT2D eigenvalue weighted by atomic mass is 10.1. The number of nitrogens with zero attached hydrogens (tertiary/aromatic N) is 1. The molecule has 2 heterocycles. The summed E-state index contributed by atoms with van der Waals surface area (Å²) in [4.78, 5) is 0. The molecule has 3 aliphatic rings. The fourth-order valence-corrected chi connectivity index (χ4v) is 3.81. The van der Waals surface area contributed by atoms with Crippen molar-refractivity contribution < 1.29 is 17.9 Å². The summed E-state index contributed by atoms with van der Waals surface area (Å²) in [6.07, 6.45) is 3.17. The van der Waals surface area contributed by atoms with Crippen LogP contribution in [0.2, 0.25) is 0 Å². The molecule has 0 amide bonds. The third kappa shape index (κ3) is 2.48. The Bertz CT molecular complexity index is 377. The predicted molar refractivity (Wildman–Crippen MR) is 60.5 cm³/mol. The van der Waals surface area contributed by atoms with Crippen molar-refractivity contribution in [1.82, 2.24) is 9.03 Å². The summed E-state index contributed by atoms with van der Waals surface area (Å²) in [6, 6.07) is 0.162. The van der Waals surface area contributed by atoms with Crippen LogP contribution in [0.25, 0.3) is 0 Å². The highest BCUT2D eigenvalue weighted by molar-refractivity contribution is 7.87. The van der Waals surface area contributed by atoms with Gasteiger partial charge in [-0.1, -0.05) is 0 Å². The van der Waals surface area contributed by atoms with E-state index in [1.807, 2.05) is 0 Å². The SMILES string of the molecule is O=S(=O)(NC1CC1)N1CCC2(CC1)OCCO2. The zero-order valence-corrected chi connectivity index (χ0v) is 10.5. The van der Waals surface area contributed by atoms with E-state index in [2.05, 4.69) is 4.72 Å². The Labute approximate surface area is 101 Å². The van der Waals surface area contributed by atoms with Gasteiger partial charge in [-0.2, -0.15) is 17.4 Å². The zero-order valence-electron chi connectivity index (χ0n) is 9.72. The minimum absolute atomic E-state index is 0.162. The molecule has 0 atom stereocenters. The van der Waals surface area contributed by atoms with E-state index in [9.17, 15) is 8.42 Å². The van der Waals surface area contributed by atoms with Gasteiger partial charge in [0.15, 0.2) is 5.79 Å². The van der Waals surface area contributed by atoms with Crippen molar-refractivity contribution in [3.8, 4) is 0 Å². The van der Waals surface area contributed by atoms with Crippen molar-refractivity contribution in [2.45, 2.75) is 37.5 Å². The molecule has 0 aromatic heterocycles. The van der Waals surface area contributed by atoms with Gasteiger partial charge in [0.1, 0.15) is 0 Å². The number of piperidine rings is 1. The Morgan fingerprint density at radius 1 is 1.12 bits per heavy atom. The first-order valence-electron chi connectivity index (χ1n) is 6.15. The predicted octanol–water partition coefficient (Wildman–Crippen LogP) is -0.178. The van der Waals surface area contributed by atoms with Crippen LogP contribution in [-0.4, -0.2) is 50.9 Å². The highest BCUT2D eigenvalue weighted by Crippen LogP contribution is 2.32. The first-order valence-corrected chi connectivity index (χ1v) is 7.59. The normalized spacial score (nSPS) is 29.9. The zero-order chi connectivity index (χ0) is 11.9. The fourth-order valence-electron chi connectivity index (χ4n) is 2.34. The first-order chi connectivity index (χ1) is 8.10. The summed E-state index contributed by atoms with van der Waals surface area (Å²) in [5.74, 6) is -0.508. The average molecular weight is 262 g/mol. The molecule has 2 saturated heterocycles. The van der Waals surface area contributed by atoms with Gasteiger partial charge >= 0.3 is 0 Å². The highest BCUT2D eigenvalue weighted by Gasteiger charge is 2.43. The van der Waals surface area contributed by atoms with Crippen LogP contribution in [0.15, 0.2) is 0 Å². The molecule has 0 aromatic rings. The number of rotatable bonds is 3. The molecule has 3 fully saturated rings. The van der Waals surface area contributed by atoms with Crippen LogP contribution in [0.5, 0.6) is 0 Å². The molecule has 1 aliphatic carbocycles. The third-order valence-corrected chi connectivity index (χ3v) is 5.21. The van der Waals surface area contributed by atoms with Gasteiger partial charge in [0.05, 0.1) is 13.2 Å². The topological polar surface area (TPSA) is 67.9 Å². The molecule has 0 bridgehead atoms. The summed E-state index contributed by atoms with van der Waals surface area (Å²) < 4.78 is 39.3. The largest absolute Gasteiger partial charge is 0.347 e. The van der Waals surface area contributed by atoms with Gasteiger partial charge in [0.25, 0.3) is 10.2 Å². The summed E-state index contributed by atoms with van der Waals surface area (Å²) in [5.41, 5.74) is 0. The molecule has 1 N–H and O–H groups in total. The molecule has 0 aromatic carbocycles. The van der Waals surface area contributed by atoms with Crippen LogP contribution in [-0.2, 0) is 19.7 Å². The molecular weight excluding hydrogens is 244 g/mol. The van der Waals surface area contributed by atoms with Crippen LogP contribution in [0.3, 0.4) is 0 Å². The Kier molecular flexibility index (Phi) is 2.91.